The largest absolute Gasteiger partial charge is 0.345 e. The molecule has 0 saturated carbocycles. The van der Waals surface area contributed by atoms with Crippen molar-refractivity contribution < 1.29 is 0 Å². The van der Waals surface area contributed by atoms with E-state index in [1.165, 1.54) is 24.0 Å². The third-order valence-electron chi connectivity index (χ3n) is 7.40. The van der Waals surface area contributed by atoms with Crippen molar-refractivity contribution in [2.24, 2.45) is 0 Å². The summed E-state index contributed by atoms with van der Waals surface area (Å²) in [6.45, 7) is 3.16. The predicted octanol–water partition coefficient (Wildman–Crippen LogP) is 8.59. The second-order valence-electron chi connectivity index (χ2n) is 10.00. The number of unbranched alkanes of at least 4 members (excludes halogenated alkanes) is 1. The third-order valence-corrected chi connectivity index (χ3v) is 7.94. The van der Waals surface area contributed by atoms with Crippen molar-refractivity contribution in [3.8, 4) is 22.5 Å². The van der Waals surface area contributed by atoms with Crippen LogP contribution in [-0.2, 0) is 19.4 Å². The van der Waals surface area contributed by atoms with Crippen molar-refractivity contribution in [1.29, 1.82) is 0 Å². The molecule has 3 heterocycles. The van der Waals surface area contributed by atoms with E-state index in [1.54, 1.807) is 0 Å². The molecule has 2 aromatic heterocycles. The van der Waals surface area contributed by atoms with E-state index in [9.17, 15) is 0 Å². The van der Waals surface area contributed by atoms with Crippen molar-refractivity contribution in [2.45, 2.75) is 52.0 Å². The lowest BCUT2D eigenvalue weighted by Crippen LogP contribution is -2.15. The summed E-state index contributed by atoms with van der Waals surface area (Å²) in [5.41, 5.74) is 9.09. The number of halogens is 1. The molecule has 1 aliphatic rings. The predicted molar refractivity (Wildman–Crippen MR) is 162 cm³/mol. The van der Waals surface area contributed by atoms with Crippen molar-refractivity contribution >= 4 is 40.1 Å². The first-order valence-electron chi connectivity index (χ1n) is 13.5. The first-order valence-corrected chi connectivity index (χ1v) is 14.3. The van der Waals surface area contributed by atoms with E-state index >= 15 is 0 Å². The van der Waals surface area contributed by atoms with Gasteiger partial charge < -0.3 is 9.88 Å². The van der Waals surface area contributed by atoms with E-state index in [2.05, 4.69) is 82.0 Å². The smallest absolute Gasteiger partial charge is 0.162 e. The molecule has 1 aliphatic heterocycles. The Bertz CT molecular complexity index is 1580. The molecule has 0 bridgehead atoms. The summed E-state index contributed by atoms with van der Waals surface area (Å²) in [5, 5.41) is 9.45. The molecule has 3 aromatic carbocycles. The van der Waals surface area contributed by atoms with Gasteiger partial charge in [0, 0.05) is 33.9 Å². The molecule has 0 atom stereocenters. The van der Waals surface area contributed by atoms with Gasteiger partial charge in [0.15, 0.2) is 5.82 Å². The van der Waals surface area contributed by atoms with Gasteiger partial charge in [-0.05, 0) is 67.5 Å². The van der Waals surface area contributed by atoms with Crippen LogP contribution in [0.3, 0.4) is 0 Å². The van der Waals surface area contributed by atoms with Gasteiger partial charge in [-0.25, -0.2) is 4.52 Å². The zero-order valence-corrected chi connectivity index (χ0v) is 23.2. The van der Waals surface area contributed by atoms with Crippen LogP contribution in [-0.4, -0.2) is 19.2 Å². The maximum absolute atomic E-state index is 6.28. The van der Waals surface area contributed by atoms with Gasteiger partial charge in [-0.15, -0.1) is 5.10 Å². The molecule has 6 rings (SSSR count). The average Bonchev–Trinajstić information content (AvgIpc) is 3.36. The van der Waals surface area contributed by atoms with Gasteiger partial charge >= 0.3 is 0 Å². The van der Waals surface area contributed by atoms with Gasteiger partial charge in [0.2, 0.25) is 0 Å². The van der Waals surface area contributed by atoms with E-state index in [0.717, 1.165) is 76.8 Å². The standard InChI is InChI=1S/C32H31ClN4S/c1-2-3-9-22-13-19-26(20-14-22)34-31(38)29-28(23-15-17-25(33)18-16-23)27-12-7-8-21-36-30(35-37(29)32(27)36)24-10-5-4-6-11-24/h4-6,10-11,13-20H,2-3,7-9,12,21H2,1H3,(H,34,38). The molecule has 4 nitrogen and oxygen atoms in total. The monoisotopic (exact) mass is 538 g/mol. The zero-order chi connectivity index (χ0) is 26.1. The van der Waals surface area contributed by atoms with Crippen molar-refractivity contribution in [2.75, 3.05) is 5.32 Å². The van der Waals surface area contributed by atoms with Crippen LogP contribution in [0.5, 0.6) is 0 Å². The molecule has 6 heteroatoms. The molecule has 38 heavy (non-hydrogen) atoms. The van der Waals surface area contributed by atoms with Crippen LogP contribution in [0.4, 0.5) is 5.69 Å². The molecule has 0 aliphatic carbocycles. The van der Waals surface area contributed by atoms with Crippen LogP contribution in [0.2, 0.25) is 5.02 Å². The number of rotatable bonds is 7. The van der Waals surface area contributed by atoms with Gasteiger partial charge in [-0.3, -0.25) is 0 Å². The maximum atomic E-state index is 6.28. The Labute approximate surface area is 234 Å². The van der Waals surface area contributed by atoms with Gasteiger partial charge in [0.05, 0.1) is 0 Å². The van der Waals surface area contributed by atoms with Gasteiger partial charge in [0.25, 0.3) is 0 Å². The lowest BCUT2D eigenvalue weighted by Gasteiger charge is -2.12. The summed E-state index contributed by atoms with van der Waals surface area (Å²) in [6.07, 6.45) is 6.72. The maximum Gasteiger partial charge on any atom is 0.162 e. The summed E-state index contributed by atoms with van der Waals surface area (Å²) >= 11 is 12.4. The molecule has 0 unspecified atom stereocenters. The number of aryl methyl sites for hydroxylation is 3. The fourth-order valence-electron chi connectivity index (χ4n) is 5.50. The summed E-state index contributed by atoms with van der Waals surface area (Å²) in [5.74, 6) is 0.982. The lowest BCUT2D eigenvalue weighted by molar-refractivity contribution is 0.645. The molecule has 1 N–H and O–H groups in total. The molecule has 0 fully saturated rings. The van der Waals surface area contributed by atoms with Crippen LogP contribution < -0.4 is 5.32 Å². The van der Waals surface area contributed by atoms with Crippen LogP contribution in [0, 0.1) is 0 Å². The molecule has 0 saturated heterocycles. The molecule has 192 valence electrons. The number of benzene rings is 3. The Hall–Kier alpha value is -3.41. The van der Waals surface area contributed by atoms with E-state index in [0.29, 0.717) is 4.99 Å². The Kier molecular flexibility index (Phi) is 7.05. The van der Waals surface area contributed by atoms with E-state index in [1.807, 2.05) is 18.2 Å². The Morgan fingerprint density at radius 3 is 2.45 bits per heavy atom. The summed E-state index contributed by atoms with van der Waals surface area (Å²) in [6, 6.07) is 27.2. The second-order valence-corrected chi connectivity index (χ2v) is 10.8. The van der Waals surface area contributed by atoms with Gasteiger partial charge in [-0.2, -0.15) is 0 Å². The minimum absolute atomic E-state index is 0.669. The highest BCUT2D eigenvalue weighted by Gasteiger charge is 2.29. The SMILES string of the molecule is CCCCc1ccc(NC(=S)c2c(-c3ccc(Cl)cc3)c3c4n(c(-c5ccccc5)nn24)CCCC3)cc1. The number of hydrogen-bond donors (Lipinski definition) is 1. The van der Waals surface area contributed by atoms with E-state index in [-0.39, 0.29) is 0 Å². The minimum atomic E-state index is 0.669. The van der Waals surface area contributed by atoms with Crippen LogP contribution in [0.1, 0.15) is 49.4 Å². The van der Waals surface area contributed by atoms with Crippen molar-refractivity contribution in [3.63, 3.8) is 0 Å². The normalized spacial score (nSPS) is 13.0. The Morgan fingerprint density at radius 2 is 1.71 bits per heavy atom. The number of thiocarbonyl (C=S) groups is 1. The second kappa shape index (κ2) is 10.8. The van der Waals surface area contributed by atoms with E-state index in [4.69, 9.17) is 28.9 Å². The Balaban J connectivity index is 1.50. The minimum Gasteiger partial charge on any atom is -0.345 e. The number of aromatic nitrogens is 3. The van der Waals surface area contributed by atoms with Crippen LogP contribution in [0.25, 0.3) is 28.2 Å². The summed E-state index contributed by atoms with van der Waals surface area (Å²) in [7, 11) is 0. The van der Waals surface area contributed by atoms with Crippen LogP contribution >= 0.6 is 23.8 Å². The zero-order valence-electron chi connectivity index (χ0n) is 21.6. The number of hydrogen-bond acceptors (Lipinski definition) is 2. The summed E-state index contributed by atoms with van der Waals surface area (Å²) < 4.78 is 4.46. The topological polar surface area (TPSA) is 34.3 Å². The molecular formula is C32H31ClN4S. The van der Waals surface area contributed by atoms with E-state index < -0.39 is 0 Å². The average molecular weight is 539 g/mol. The third kappa shape index (κ3) is 4.65. The van der Waals surface area contributed by atoms with Crippen molar-refractivity contribution in [3.05, 3.63) is 101 Å². The molecule has 0 amide bonds. The fourth-order valence-corrected chi connectivity index (χ4v) is 5.93. The highest BCUT2D eigenvalue weighted by atomic mass is 35.5. The molecule has 5 aromatic rings. The summed E-state index contributed by atoms with van der Waals surface area (Å²) in [4.78, 5) is 0.669. The number of anilines is 1. The molecular weight excluding hydrogens is 508 g/mol. The molecule has 0 spiro atoms. The lowest BCUT2D eigenvalue weighted by atomic mass is 9.98. The van der Waals surface area contributed by atoms with Crippen molar-refractivity contribution in [1.82, 2.24) is 14.2 Å². The fraction of sp³-hybridized carbons (Fsp3) is 0.250. The highest BCUT2D eigenvalue weighted by Crippen LogP contribution is 2.39. The van der Waals surface area contributed by atoms with Gasteiger partial charge in [0.1, 0.15) is 16.3 Å². The first kappa shape index (κ1) is 24.9. The van der Waals surface area contributed by atoms with Crippen LogP contribution in [0.15, 0.2) is 78.9 Å². The molecule has 0 radical (unpaired) electrons. The number of nitrogens with zero attached hydrogens (tertiary/aromatic N) is 3. The highest BCUT2D eigenvalue weighted by molar-refractivity contribution is 7.81. The van der Waals surface area contributed by atoms with Gasteiger partial charge in [-0.1, -0.05) is 91.8 Å². The number of nitrogens with one attached hydrogen (secondary N) is 1. The quantitative estimate of drug-likeness (QED) is 0.211. The first-order chi connectivity index (χ1) is 18.6. The Morgan fingerprint density at radius 1 is 0.947 bits per heavy atom.